The molecule has 116 valence electrons. The van der Waals surface area contributed by atoms with E-state index < -0.39 is 10.0 Å². The molecule has 5 nitrogen and oxygen atoms in total. The number of nitrogen functional groups attached to an aromatic ring is 1. The number of hydrogen-bond acceptors (Lipinski definition) is 3. The van der Waals surface area contributed by atoms with Crippen LogP contribution in [0.4, 0.5) is 5.69 Å². The number of nitrogens with one attached hydrogen (secondary N) is 1. The Kier molecular flexibility index (Phi) is 4.58. The minimum absolute atomic E-state index is 0.301. The van der Waals surface area contributed by atoms with Crippen molar-refractivity contribution in [2.45, 2.75) is 32.1 Å². The van der Waals surface area contributed by atoms with E-state index in [-0.39, 0.29) is 0 Å². The van der Waals surface area contributed by atoms with E-state index in [4.69, 9.17) is 5.73 Å². The van der Waals surface area contributed by atoms with Crippen LogP contribution in [0.5, 0.6) is 0 Å². The van der Waals surface area contributed by atoms with Crippen molar-refractivity contribution in [1.82, 2.24) is 9.29 Å². The van der Waals surface area contributed by atoms with Crippen LogP contribution in [0.3, 0.4) is 0 Å². The zero-order valence-corrected chi connectivity index (χ0v) is 13.6. The van der Waals surface area contributed by atoms with Gasteiger partial charge in [0.2, 0.25) is 10.0 Å². The fourth-order valence-electron chi connectivity index (χ4n) is 2.34. The van der Waals surface area contributed by atoms with Crippen LogP contribution in [0.2, 0.25) is 0 Å². The van der Waals surface area contributed by atoms with Crippen LogP contribution in [-0.2, 0) is 10.0 Å². The maximum absolute atomic E-state index is 12.9. The van der Waals surface area contributed by atoms with Gasteiger partial charge in [0.05, 0.1) is 0 Å². The first-order valence-electron chi connectivity index (χ1n) is 7.26. The minimum atomic E-state index is -3.51. The number of nitrogens with zero attached hydrogens (tertiary/aromatic N) is 1. The molecule has 1 heterocycles. The van der Waals surface area contributed by atoms with Gasteiger partial charge in [-0.25, -0.2) is 8.42 Å². The molecule has 0 bridgehead atoms. The first-order valence-corrected chi connectivity index (χ1v) is 8.70. The van der Waals surface area contributed by atoms with Gasteiger partial charge in [-0.2, -0.15) is 4.31 Å². The van der Waals surface area contributed by atoms with Crippen LogP contribution in [0.15, 0.2) is 29.3 Å². The van der Waals surface area contributed by atoms with Crippen LogP contribution in [0, 0.1) is 5.92 Å². The first kappa shape index (κ1) is 15.9. The quantitative estimate of drug-likeness (QED) is 0.805. The summed E-state index contributed by atoms with van der Waals surface area (Å²) in [7, 11) is -3.51. The van der Waals surface area contributed by atoms with Gasteiger partial charge in [-0.15, -0.1) is 0 Å². The summed E-state index contributed by atoms with van der Waals surface area (Å²) < 4.78 is 27.3. The van der Waals surface area contributed by atoms with E-state index in [9.17, 15) is 8.42 Å². The average Bonchev–Trinajstić information content (AvgIpc) is 2.87. The number of aromatic amines is 1. The summed E-state index contributed by atoms with van der Waals surface area (Å²) in [4.78, 5) is 3.31. The number of aromatic nitrogens is 1. The van der Waals surface area contributed by atoms with Crippen LogP contribution in [-0.4, -0.2) is 30.8 Å². The maximum atomic E-state index is 12.9. The number of sulfonamides is 1. The topological polar surface area (TPSA) is 79.2 Å². The monoisotopic (exact) mass is 309 g/mol. The lowest BCUT2D eigenvalue weighted by molar-refractivity contribution is 0.362. The van der Waals surface area contributed by atoms with Crippen molar-refractivity contribution in [3.05, 3.63) is 24.4 Å². The van der Waals surface area contributed by atoms with Crippen LogP contribution in [0.1, 0.15) is 27.2 Å². The highest BCUT2D eigenvalue weighted by Gasteiger charge is 2.27. The van der Waals surface area contributed by atoms with Gasteiger partial charge in [0.15, 0.2) is 0 Å². The summed E-state index contributed by atoms with van der Waals surface area (Å²) in [5.74, 6) is 0.329. The molecule has 0 aliphatic heterocycles. The second-order valence-corrected chi connectivity index (χ2v) is 7.33. The van der Waals surface area contributed by atoms with Crippen molar-refractivity contribution >= 4 is 26.6 Å². The largest absolute Gasteiger partial charge is 0.399 e. The number of hydrogen-bond donors (Lipinski definition) is 2. The Morgan fingerprint density at radius 1 is 1.33 bits per heavy atom. The zero-order chi connectivity index (χ0) is 15.6. The number of fused-ring (bicyclic) bond motifs is 1. The summed E-state index contributed by atoms with van der Waals surface area (Å²) in [5, 5.41) is 0.651. The highest BCUT2D eigenvalue weighted by Crippen LogP contribution is 2.27. The molecule has 6 heteroatoms. The SMILES string of the molecule is CCC(C)CN(CC)S(=O)(=O)c1c[nH]c2ccc(N)cc12. The number of H-pyrrole nitrogens is 1. The number of rotatable bonds is 6. The minimum Gasteiger partial charge on any atom is -0.399 e. The zero-order valence-electron chi connectivity index (χ0n) is 12.8. The number of benzene rings is 1. The molecule has 0 aliphatic carbocycles. The molecule has 3 N–H and O–H groups in total. The van der Waals surface area contributed by atoms with Gasteiger partial charge in [-0.05, 0) is 24.1 Å². The molecular weight excluding hydrogens is 286 g/mol. The maximum Gasteiger partial charge on any atom is 0.245 e. The average molecular weight is 309 g/mol. The van der Waals surface area contributed by atoms with Crippen molar-refractivity contribution in [2.24, 2.45) is 5.92 Å². The molecular formula is C15H23N3O2S. The van der Waals surface area contributed by atoms with E-state index in [0.29, 0.717) is 35.0 Å². The van der Waals surface area contributed by atoms with Crippen LogP contribution in [0.25, 0.3) is 10.9 Å². The molecule has 2 aromatic rings. The van der Waals surface area contributed by atoms with Gasteiger partial charge >= 0.3 is 0 Å². The van der Waals surface area contributed by atoms with E-state index in [1.165, 1.54) is 4.31 Å². The highest BCUT2D eigenvalue weighted by molar-refractivity contribution is 7.89. The lowest BCUT2D eigenvalue weighted by Crippen LogP contribution is -2.34. The summed E-state index contributed by atoms with van der Waals surface area (Å²) in [6.45, 7) is 6.98. The Bertz CT molecular complexity index is 722. The number of nitrogens with two attached hydrogens (primary N) is 1. The lowest BCUT2D eigenvalue weighted by Gasteiger charge is -2.23. The van der Waals surface area contributed by atoms with Gasteiger partial charge in [0.1, 0.15) is 4.90 Å². The number of anilines is 1. The molecule has 1 atom stereocenters. The van der Waals surface area contributed by atoms with Crippen molar-refractivity contribution in [3.63, 3.8) is 0 Å². The second-order valence-electron chi connectivity index (χ2n) is 5.43. The van der Waals surface area contributed by atoms with Crippen molar-refractivity contribution in [3.8, 4) is 0 Å². The molecule has 0 aliphatic rings. The van der Waals surface area contributed by atoms with E-state index in [0.717, 1.165) is 11.9 Å². The van der Waals surface area contributed by atoms with Crippen LogP contribution < -0.4 is 5.73 Å². The molecule has 0 fully saturated rings. The summed E-state index contributed by atoms with van der Waals surface area (Å²) in [6.07, 6.45) is 2.51. The third-order valence-corrected chi connectivity index (χ3v) is 5.83. The smallest absolute Gasteiger partial charge is 0.245 e. The molecule has 1 unspecified atom stereocenters. The Morgan fingerprint density at radius 3 is 2.67 bits per heavy atom. The Balaban J connectivity index is 2.47. The molecule has 0 radical (unpaired) electrons. The second kappa shape index (κ2) is 6.07. The molecule has 1 aromatic heterocycles. The fourth-order valence-corrected chi connectivity index (χ4v) is 4.06. The Labute approximate surface area is 126 Å². The molecule has 0 saturated carbocycles. The predicted molar refractivity (Wildman–Crippen MR) is 86.6 cm³/mol. The van der Waals surface area contributed by atoms with E-state index >= 15 is 0 Å². The Morgan fingerprint density at radius 2 is 2.05 bits per heavy atom. The van der Waals surface area contributed by atoms with Crippen molar-refractivity contribution in [1.29, 1.82) is 0 Å². The standard InChI is InChI=1S/C15H23N3O2S/c1-4-11(3)10-18(5-2)21(19,20)15-9-17-14-7-6-12(16)8-13(14)15/h6-9,11,17H,4-5,10,16H2,1-3H3. The molecule has 1 aromatic carbocycles. The molecule has 0 spiro atoms. The third-order valence-electron chi connectivity index (χ3n) is 3.85. The molecule has 0 amide bonds. The van der Waals surface area contributed by atoms with Crippen molar-refractivity contribution in [2.75, 3.05) is 18.8 Å². The highest BCUT2D eigenvalue weighted by atomic mass is 32.2. The first-order chi connectivity index (χ1) is 9.90. The van der Waals surface area contributed by atoms with Gasteiger partial charge in [0, 0.05) is 35.9 Å². The summed E-state index contributed by atoms with van der Waals surface area (Å²) >= 11 is 0. The Hall–Kier alpha value is -1.53. The van der Waals surface area contributed by atoms with Gasteiger partial charge in [-0.1, -0.05) is 27.2 Å². The fraction of sp³-hybridized carbons (Fsp3) is 0.467. The lowest BCUT2D eigenvalue weighted by atomic mass is 10.1. The summed E-state index contributed by atoms with van der Waals surface area (Å²) in [5.41, 5.74) is 7.12. The van der Waals surface area contributed by atoms with E-state index in [1.807, 2.05) is 6.92 Å². The van der Waals surface area contributed by atoms with Gasteiger partial charge in [0.25, 0.3) is 0 Å². The van der Waals surface area contributed by atoms with Gasteiger partial charge < -0.3 is 10.7 Å². The molecule has 2 rings (SSSR count). The molecule has 0 saturated heterocycles. The predicted octanol–water partition coefficient (Wildman–Crippen LogP) is 2.81. The van der Waals surface area contributed by atoms with E-state index in [1.54, 1.807) is 24.4 Å². The third kappa shape index (κ3) is 3.06. The van der Waals surface area contributed by atoms with E-state index in [2.05, 4.69) is 18.8 Å². The van der Waals surface area contributed by atoms with Crippen LogP contribution >= 0.6 is 0 Å². The molecule has 21 heavy (non-hydrogen) atoms. The van der Waals surface area contributed by atoms with Gasteiger partial charge in [-0.3, -0.25) is 0 Å². The van der Waals surface area contributed by atoms with Crippen molar-refractivity contribution < 1.29 is 8.42 Å². The summed E-state index contributed by atoms with van der Waals surface area (Å²) in [6, 6.07) is 5.26. The normalized spacial score (nSPS) is 13.9.